The van der Waals surface area contributed by atoms with E-state index in [0.717, 1.165) is 5.69 Å². The van der Waals surface area contributed by atoms with Crippen LogP contribution in [0.4, 0.5) is 5.69 Å². The van der Waals surface area contributed by atoms with Gasteiger partial charge in [0.15, 0.2) is 10.9 Å². The summed E-state index contributed by atoms with van der Waals surface area (Å²) in [5.41, 5.74) is 7.03. The molecule has 0 saturated heterocycles. The molecule has 1 atom stereocenters. The molecular formula is C28H32N2OS. The van der Waals surface area contributed by atoms with Crippen LogP contribution in [0.1, 0.15) is 71.9 Å². The first-order chi connectivity index (χ1) is 15.0. The predicted molar refractivity (Wildman–Crippen MR) is 139 cm³/mol. The number of thiocarbonyl (C=S) groups is 1. The van der Waals surface area contributed by atoms with E-state index >= 15 is 0 Å². The standard InChI is InChI=1S/C28H32N2OS/c1-18-10-11-19(2)25(16-18)20(3)29-27(32)30-24-9-7-8-22(17-24)26(31)21-12-14-23(15-13-21)28(4,5)6/h7-17,20H,1-6H3,(H2,29,30,32). The molecule has 3 aromatic rings. The van der Waals surface area contributed by atoms with Crippen molar-refractivity contribution in [1.82, 2.24) is 5.32 Å². The Balaban J connectivity index is 1.69. The minimum Gasteiger partial charge on any atom is -0.356 e. The van der Waals surface area contributed by atoms with Crippen LogP contribution in [0.5, 0.6) is 0 Å². The van der Waals surface area contributed by atoms with Crippen LogP contribution in [-0.2, 0) is 5.41 Å². The predicted octanol–water partition coefficient (Wildman–Crippen LogP) is 6.88. The Morgan fingerprint density at radius 3 is 2.25 bits per heavy atom. The Hall–Kier alpha value is -2.98. The normalized spacial score (nSPS) is 12.2. The molecule has 0 saturated carbocycles. The number of anilines is 1. The molecular weight excluding hydrogens is 412 g/mol. The second-order valence-electron chi connectivity index (χ2n) is 9.42. The van der Waals surface area contributed by atoms with E-state index in [4.69, 9.17) is 12.2 Å². The van der Waals surface area contributed by atoms with E-state index in [1.807, 2.05) is 48.5 Å². The molecule has 3 aromatic carbocycles. The maximum absolute atomic E-state index is 13.0. The SMILES string of the molecule is Cc1ccc(C)c(C(C)NC(=S)Nc2cccc(C(=O)c3ccc(C(C)(C)C)cc3)c2)c1. The molecule has 0 bridgehead atoms. The van der Waals surface area contributed by atoms with Crippen LogP contribution in [0.3, 0.4) is 0 Å². The van der Waals surface area contributed by atoms with E-state index in [1.54, 1.807) is 0 Å². The van der Waals surface area contributed by atoms with Gasteiger partial charge in [-0.2, -0.15) is 0 Å². The van der Waals surface area contributed by atoms with E-state index in [-0.39, 0.29) is 17.2 Å². The third-order valence-corrected chi connectivity index (χ3v) is 5.86. The van der Waals surface area contributed by atoms with Gasteiger partial charge in [0.1, 0.15) is 0 Å². The molecule has 0 aliphatic rings. The topological polar surface area (TPSA) is 41.1 Å². The van der Waals surface area contributed by atoms with Gasteiger partial charge in [0.05, 0.1) is 6.04 Å². The maximum Gasteiger partial charge on any atom is 0.193 e. The van der Waals surface area contributed by atoms with Crippen LogP contribution in [0.15, 0.2) is 66.7 Å². The highest BCUT2D eigenvalue weighted by Crippen LogP contribution is 2.24. The van der Waals surface area contributed by atoms with Gasteiger partial charge < -0.3 is 10.6 Å². The molecule has 166 valence electrons. The van der Waals surface area contributed by atoms with Crippen molar-refractivity contribution in [1.29, 1.82) is 0 Å². The zero-order valence-corrected chi connectivity index (χ0v) is 20.6. The number of hydrogen-bond donors (Lipinski definition) is 2. The molecule has 3 rings (SSSR count). The van der Waals surface area contributed by atoms with Crippen molar-refractivity contribution >= 4 is 28.8 Å². The number of carbonyl (C=O) groups excluding carboxylic acids is 1. The summed E-state index contributed by atoms with van der Waals surface area (Å²) in [6.45, 7) is 12.8. The minimum atomic E-state index is -0.00302. The second-order valence-corrected chi connectivity index (χ2v) is 9.83. The molecule has 0 aromatic heterocycles. The maximum atomic E-state index is 13.0. The van der Waals surface area contributed by atoms with Gasteiger partial charge in [-0.15, -0.1) is 0 Å². The third-order valence-electron chi connectivity index (χ3n) is 5.64. The highest BCUT2D eigenvalue weighted by molar-refractivity contribution is 7.80. The second kappa shape index (κ2) is 9.66. The molecule has 0 amide bonds. The van der Waals surface area contributed by atoms with E-state index < -0.39 is 0 Å². The van der Waals surface area contributed by atoms with Gasteiger partial charge in [-0.1, -0.05) is 80.9 Å². The molecule has 0 aliphatic heterocycles. The molecule has 32 heavy (non-hydrogen) atoms. The van der Waals surface area contributed by atoms with Gasteiger partial charge in [0.25, 0.3) is 0 Å². The summed E-state index contributed by atoms with van der Waals surface area (Å²) >= 11 is 5.53. The summed E-state index contributed by atoms with van der Waals surface area (Å²) in [5, 5.41) is 7.09. The molecule has 1 unspecified atom stereocenters. The number of carbonyl (C=O) groups is 1. The number of nitrogens with one attached hydrogen (secondary N) is 2. The molecule has 2 N–H and O–H groups in total. The summed E-state index contributed by atoms with van der Waals surface area (Å²) < 4.78 is 0. The fourth-order valence-corrected chi connectivity index (χ4v) is 3.99. The molecule has 0 radical (unpaired) electrons. The molecule has 0 heterocycles. The number of hydrogen-bond acceptors (Lipinski definition) is 2. The first kappa shape index (κ1) is 23.7. The lowest BCUT2D eigenvalue weighted by Gasteiger charge is -2.20. The summed E-state index contributed by atoms with van der Waals surface area (Å²) in [5.74, 6) is -0.00302. The summed E-state index contributed by atoms with van der Waals surface area (Å²) in [7, 11) is 0. The van der Waals surface area contributed by atoms with Crippen molar-refractivity contribution in [2.24, 2.45) is 0 Å². The van der Waals surface area contributed by atoms with Gasteiger partial charge in [-0.25, -0.2) is 0 Å². The molecule has 0 fully saturated rings. The van der Waals surface area contributed by atoms with Crippen LogP contribution in [-0.4, -0.2) is 10.9 Å². The molecule has 3 nitrogen and oxygen atoms in total. The van der Waals surface area contributed by atoms with Gasteiger partial charge in [0.2, 0.25) is 0 Å². The van der Waals surface area contributed by atoms with E-state index in [1.165, 1.54) is 22.3 Å². The highest BCUT2D eigenvalue weighted by Gasteiger charge is 2.16. The lowest BCUT2D eigenvalue weighted by molar-refractivity contribution is 0.103. The number of rotatable bonds is 5. The zero-order valence-electron chi connectivity index (χ0n) is 19.7. The van der Waals surface area contributed by atoms with Crippen molar-refractivity contribution in [3.63, 3.8) is 0 Å². The van der Waals surface area contributed by atoms with Crippen molar-refractivity contribution in [2.45, 2.75) is 53.0 Å². The summed E-state index contributed by atoms with van der Waals surface area (Å²) in [6, 6.07) is 21.8. The molecule has 0 aliphatic carbocycles. The van der Waals surface area contributed by atoms with Crippen molar-refractivity contribution < 1.29 is 4.79 Å². The monoisotopic (exact) mass is 444 g/mol. The van der Waals surface area contributed by atoms with E-state index in [9.17, 15) is 4.79 Å². The zero-order chi connectivity index (χ0) is 23.5. The van der Waals surface area contributed by atoms with Crippen molar-refractivity contribution in [3.05, 3.63) is 100 Å². The lowest BCUT2D eigenvalue weighted by atomic mass is 9.86. The average Bonchev–Trinajstić information content (AvgIpc) is 2.74. The van der Waals surface area contributed by atoms with Gasteiger partial charge in [-0.3, -0.25) is 4.79 Å². The van der Waals surface area contributed by atoms with E-state index in [0.29, 0.717) is 16.2 Å². The van der Waals surface area contributed by atoms with Gasteiger partial charge in [0, 0.05) is 16.8 Å². The summed E-state index contributed by atoms with van der Waals surface area (Å²) in [6.07, 6.45) is 0. The minimum absolute atomic E-state index is 0.00302. The largest absolute Gasteiger partial charge is 0.356 e. The Bertz CT molecular complexity index is 1130. The fourth-order valence-electron chi connectivity index (χ4n) is 3.69. The van der Waals surface area contributed by atoms with Crippen LogP contribution >= 0.6 is 12.2 Å². The van der Waals surface area contributed by atoms with Crippen LogP contribution < -0.4 is 10.6 Å². The molecule has 4 heteroatoms. The van der Waals surface area contributed by atoms with Crippen LogP contribution in [0, 0.1) is 13.8 Å². The summed E-state index contributed by atoms with van der Waals surface area (Å²) in [4.78, 5) is 13.0. The quantitative estimate of drug-likeness (QED) is 0.332. The highest BCUT2D eigenvalue weighted by atomic mass is 32.1. The Kier molecular flexibility index (Phi) is 7.15. The number of aryl methyl sites for hydroxylation is 2. The Labute approximate surface area is 197 Å². The fraction of sp³-hybridized carbons (Fsp3) is 0.286. The van der Waals surface area contributed by atoms with Crippen molar-refractivity contribution in [2.75, 3.05) is 5.32 Å². The average molecular weight is 445 g/mol. The van der Waals surface area contributed by atoms with Gasteiger partial charge >= 0.3 is 0 Å². The smallest absolute Gasteiger partial charge is 0.193 e. The van der Waals surface area contributed by atoms with Crippen LogP contribution in [0.2, 0.25) is 0 Å². The van der Waals surface area contributed by atoms with E-state index in [2.05, 4.69) is 70.4 Å². The van der Waals surface area contributed by atoms with Gasteiger partial charge in [-0.05, 0) is 67.2 Å². The molecule has 0 spiro atoms. The first-order valence-corrected chi connectivity index (χ1v) is 11.4. The number of benzene rings is 3. The van der Waals surface area contributed by atoms with Crippen molar-refractivity contribution in [3.8, 4) is 0 Å². The lowest BCUT2D eigenvalue weighted by Crippen LogP contribution is -2.31. The Morgan fingerprint density at radius 1 is 0.906 bits per heavy atom. The third kappa shape index (κ3) is 5.83. The van der Waals surface area contributed by atoms with Crippen LogP contribution in [0.25, 0.3) is 0 Å². The number of ketones is 1. The first-order valence-electron chi connectivity index (χ1n) is 10.9. The Morgan fingerprint density at radius 2 is 1.59 bits per heavy atom.